The maximum absolute atomic E-state index is 9.51. The van der Waals surface area contributed by atoms with Gasteiger partial charge in [0.1, 0.15) is 0 Å². The van der Waals surface area contributed by atoms with E-state index in [1.54, 1.807) is 6.92 Å². The summed E-state index contributed by atoms with van der Waals surface area (Å²) in [6.07, 6.45) is 2.18. The topological polar surface area (TPSA) is 23.5 Å². The van der Waals surface area contributed by atoms with Crippen LogP contribution in [-0.2, 0) is 0 Å². The largest absolute Gasteiger partial charge is 0.389 e. The molecular formula is C12H16BrNO. The molecule has 0 aromatic heterocycles. The molecule has 1 saturated carbocycles. The lowest BCUT2D eigenvalue weighted by Gasteiger charge is -2.20. The van der Waals surface area contributed by atoms with E-state index in [-0.39, 0.29) is 0 Å². The molecule has 0 spiro atoms. The maximum Gasteiger partial charge on any atom is 0.0772 e. The average Bonchev–Trinajstić information content (AvgIpc) is 2.99. The van der Waals surface area contributed by atoms with Crippen molar-refractivity contribution in [2.75, 3.05) is 11.9 Å². The lowest BCUT2D eigenvalue weighted by atomic mass is 10.1. The van der Waals surface area contributed by atoms with Gasteiger partial charge in [-0.1, -0.05) is 22.0 Å². The van der Waals surface area contributed by atoms with Crippen molar-refractivity contribution >= 4 is 21.6 Å². The van der Waals surface area contributed by atoms with Crippen LogP contribution in [-0.4, -0.2) is 18.2 Å². The average molecular weight is 270 g/mol. The van der Waals surface area contributed by atoms with Crippen molar-refractivity contribution in [1.29, 1.82) is 0 Å². The summed E-state index contributed by atoms with van der Waals surface area (Å²) in [5, 5.41) is 9.51. The van der Waals surface area contributed by atoms with E-state index in [1.165, 1.54) is 18.5 Å². The molecule has 2 rings (SSSR count). The molecular weight excluding hydrogens is 254 g/mol. The van der Waals surface area contributed by atoms with E-state index in [2.05, 4.69) is 40.0 Å². The second-order valence-corrected chi connectivity index (χ2v) is 5.08. The van der Waals surface area contributed by atoms with Gasteiger partial charge in [0.05, 0.1) is 6.10 Å². The number of hydrogen-bond acceptors (Lipinski definition) is 2. The molecule has 0 unspecified atom stereocenters. The molecule has 82 valence electrons. The van der Waals surface area contributed by atoms with Gasteiger partial charge in [0.2, 0.25) is 0 Å². The van der Waals surface area contributed by atoms with Crippen molar-refractivity contribution in [3.8, 4) is 0 Å². The Hall–Kier alpha value is -0.540. The molecule has 1 atom stereocenters. The first kappa shape index (κ1) is 11.0. The minimum absolute atomic E-state index is 0.417. The molecule has 0 amide bonds. The maximum atomic E-state index is 9.51. The highest BCUT2D eigenvalue weighted by Crippen LogP contribution is 2.33. The minimum atomic E-state index is -0.417. The van der Waals surface area contributed by atoms with Gasteiger partial charge in [-0.2, -0.15) is 0 Å². The molecule has 1 aromatic carbocycles. The summed E-state index contributed by atoms with van der Waals surface area (Å²) in [7, 11) is 2.13. The molecule has 0 bridgehead atoms. The van der Waals surface area contributed by atoms with E-state index in [1.807, 2.05) is 6.07 Å². The summed E-state index contributed by atoms with van der Waals surface area (Å²) in [5.74, 6) is 0. The Balaban J connectivity index is 2.24. The minimum Gasteiger partial charge on any atom is -0.389 e. The fraction of sp³-hybridized carbons (Fsp3) is 0.500. The Labute approximate surface area is 99.0 Å². The van der Waals surface area contributed by atoms with E-state index in [0.717, 1.165) is 10.0 Å². The molecule has 1 N–H and O–H groups in total. The molecule has 1 aliphatic rings. The predicted molar refractivity (Wildman–Crippen MR) is 66.2 cm³/mol. The van der Waals surface area contributed by atoms with Crippen molar-refractivity contribution in [1.82, 2.24) is 0 Å². The molecule has 0 saturated heterocycles. The number of anilines is 1. The van der Waals surface area contributed by atoms with Crippen LogP contribution in [0.1, 0.15) is 31.4 Å². The number of aliphatic hydroxyl groups excluding tert-OH is 1. The van der Waals surface area contributed by atoms with Crippen LogP contribution < -0.4 is 4.90 Å². The van der Waals surface area contributed by atoms with Crippen molar-refractivity contribution in [2.24, 2.45) is 0 Å². The molecule has 3 heteroatoms. The van der Waals surface area contributed by atoms with Crippen LogP contribution in [0.4, 0.5) is 5.69 Å². The van der Waals surface area contributed by atoms with Crippen LogP contribution in [0.3, 0.4) is 0 Å². The van der Waals surface area contributed by atoms with Gasteiger partial charge in [0.15, 0.2) is 0 Å². The number of rotatable bonds is 3. The first-order valence-corrected chi connectivity index (χ1v) is 6.09. The standard InChI is InChI=1S/C12H16BrNO/c1-8(15)11-6-5-10(7-12(11)13)14(2)9-3-4-9/h5-9,15H,3-4H2,1-2H3/t8-/m0/s1. The number of halogens is 1. The fourth-order valence-electron chi connectivity index (χ4n) is 1.75. The smallest absolute Gasteiger partial charge is 0.0772 e. The second kappa shape index (κ2) is 4.14. The van der Waals surface area contributed by atoms with Crippen LogP contribution in [0, 0.1) is 0 Å². The zero-order valence-electron chi connectivity index (χ0n) is 9.07. The second-order valence-electron chi connectivity index (χ2n) is 4.22. The van der Waals surface area contributed by atoms with Crippen molar-refractivity contribution in [3.05, 3.63) is 28.2 Å². The van der Waals surface area contributed by atoms with E-state index < -0.39 is 6.10 Å². The molecule has 2 nitrogen and oxygen atoms in total. The Morgan fingerprint density at radius 2 is 2.13 bits per heavy atom. The van der Waals surface area contributed by atoms with Gasteiger partial charge in [-0.15, -0.1) is 0 Å². The summed E-state index contributed by atoms with van der Waals surface area (Å²) in [4.78, 5) is 2.30. The SMILES string of the molecule is C[C@H](O)c1ccc(N(C)C2CC2)cc1Br. The number of benzene rings is 1. The molecule has 0 heterocycles. The molecule has 1 fully saturated rings. The third-order valence-corrected chi connectivity index (χ3v) is 3.62. The van der Waals surface area contributed by atoms with Gasteiger partial charge in [0.25, 0.3) is 0 Å². The normalized spacial score (nSPS) is 17.6. The van der Waals surface area contributed by atoms with Gasteiger partial charge < -0.3 is 10.0 Å². The zero-order valence-corrected chi connectivity index (χ0v) is 10.7. The highest BCUT2D eigenvalue weighted by Gasteiger charge is 2.26. The summed E-state index contributed by atoms with van der Waals surface area (Å²) in [6.45, 7) is 1.78. The highest BCUT2D eigenvalue weighted by molar-refractivity contribution is 9.10. The third kappa shape index (κ3) is 2.34. The fourth-order valence-corrected chi connectivity index (χ4v) is 2.44. The highest BCUT2D eigenvalue weighted by atomic mass is 79.9. The Morgan fingerprint density at radius 3 is 2.60 bits per heavy atom. The van der Waals surface area contributed by atoms with E-state index >= 15 is 0 Å². The summed E-state index contributed by atoms with van der Waals surface area (Å²) in [6, 6.07) is 6.86. The first-order valence-electron chi connectivity index (χ1n) is 5.30. The number of nitrogens with zero attached hydrogens (tertiary/aromatic N) is 1. The molecule has 1 aromatic rings. The van der Waals surface area contributed by atoms with Gasteiger partial charge in [-0.3, -0.25) is 0 Å². The van der Waals surface area contributed by atoms with Gasteiger partial charge in [0, 0.05) is 23.2 Å². The van der Waals surface area contributed by atoms with Crippen LogP contribution >= 0.6 is 15.9 Å². The molecule has 15 heavy (non-hydrogen) atoms. The Bertz CT molecular complexity index is 361. The van der Waals surface area contributed by atoms with Crippen LogP contribution in [0.25, 0.3) is 0 Å². The molecule has 0 aliphatic heterocycles. The van der Waals surface area contributed by atoms with Crippen LogP contribution in [0.2, 0.25) is 0 Å². The number of aliphatic hydroxyl groups is 1. The molecule has 1 aliphatic carbocycles. The predicted octanol–water partition coefficient (Wildman–Crippen LogP) is 3.10. The third-order valence-electron chi connectivity index (χ3n) is 2.94. The monoisotopic (exact) mass is 269 g/mol. The lowest BCUT2D eigenvalue weighted by molar-refractivity contribution is 0.198. The zero-order chi connectivity index (χ0) is 11.0. The molecule has 0 radical (unpaired) electrons. The quantitative estimate of drug-likeness (QED) is 0.912. The summed E-state index contributed by atoms with van der Waals surface area (Å²) >= 11 is 3.50. The van der Waals surface area contributed by atoms with E-state index in [9.17, 15) is 5.11 Å². The van der Waals surface area contributed by atoms with E-state index in [0.29, 0.717) is 6.04 Å². The van der Waals surface area contributed by atoms with Crippen molar-refractivity contribution < 1.29 is 5.11 Å². The Kier molecular flexibility index (Phi) is 3.03. The number of hydrogen-bond donors (Lipinski definition) is 1. The van der Waals surface area contributed by atoms with Gasteiger partial charge in [-0.25, -0.2) is 0 Å². The van der Waals surface area contributed by atoms with Crippen molar-refractivity contribution in [2.45, 2.75) is 31.9 Å². The van der Waals surface area contributed by atoms with Crippen LogP contribution in [0.15, 0.2) is 22.7 Å². The Morgan fingerprint density at radius 1 is 1.47 bits per heavy atom. The van der Waals surface area contributed by atoms with Gasteiger partial charge >= 0.3 is 0 Å². The van der Waals surface area contributed by atoms with Gasteiger partial charge in [-0.05, 0) is 37.5 Å². The summed E-state index contributed by atoms with van der Waals surface area (Å²) in [5.41, 5.74) is 2.16. The first-order chi connectivity index (χ1) is 7.09. The van der Waals surface area contributed by atoms with E-state index in [4.69, 9.17) is 0 Å². The van der Waals surface area contributed by atoms with Crippen molar-refractivity contribution in [3.63, 3.8) is 0 Å². The summed E-state index contributed by atoms with van der Waals surface area (Å²) < 4.78 is 0.988. The van der Waals surface area contributed by atoms with Crippen LogP contribution in [0.5, 0.6) is 0 Å². The lowest BCUT2D eigenvalue weighted by Crippen LogP contribution is -2.19.